The number of aryl methyl sites for hydroxylation is 1. The summed E-state index contributed by atoms with van der Waals surface area (Å²) in [7, 11) is 0. The Morgan fingerprint density at radius 3 is 2.41 bits per heavy atom. The van der Waals surface area contributed by atoms with E-state index >= 15 is 0 Å². The van der Waals surface area contributed by atoms with Crippen molar-refractivity contribution in [1.29, 1.82) is 0 Å². The molecule has 0 amide bonds. The predicted octanol–water partition coefficient (Wildman–Crippen LogP) is 1.22. The lowest BCUT2D eigenvalue weighted by Gasteiger charge is -2.03. The lowest BCUT2D eigenvalue weighted by atomic mass is 10.1. The molecule has 0 aliphatic carbocycles. The molecular weight excluding hydrogens is 222 g/mol. The Bertz CT molecular complexity index is 386. The van der Waals surface area contributed by atoms with Gasteiger partial charge in [-0.15, -0.1) is 0 Å². The standard InChI is InChI=1S/C12H15NO4/c13-10-4-1-9(2-5-10)3-6-12(16)17-8-7-11(14)15/h1-2,4-5H,3,6-8,13H2,(H,14,15). The zero-order chi connectivity index (χ0) is 12.7. The van der Waals surface area contributed by atoms with Crippen LogP contribution in [-0.2, 0) is 20.7 Å². The maximum absolute atomic E-state index is 11.2. The summed E-state index contributed by atoms with van der Waals surface area (Å²) in [4.78, 5) is 21.4. The minimum absolute atomic E-state index is 0.0735. The number of aliphatic carboxylic acids is 1. The Morgan fingerprint density at radius 2 is 1.82 bits per heavy atom. The maximum Gasteiger partial charge on any atom is 0.306 e. The number of rotatable bonds is 6. The van der Waals surface area contributed by atoms with Crippen LogP contribution in [0.3, 0.4) is 0 Å². The van der Waals surface area contributed by atoms with Gasteiger partial charge in [-0.05, 0) is 24.1 Å². The number of hydrogen-bond acceptors (Lipinski definition) is 4. The highest BCUT2D eigenvalue weighted by Gasteiger charge is 2.05. The van der Waals surface area contributed by atoms with Gasteiger partial charge in [0.1, 0.15) is 6.61 Å². The summed E-state index contributed by atoms with van der Waals surface area (Å²) in [5, 5.41) is 8.36. The van der Waals surface area contributed by atoms with E-state index < -0.39 is 5.97 Å². The number of hydrogen-bond donors (Lipinski definition) is 2. The van der Waals surface area contributed by atoms with E-state index in [4.69, 9.17) is 15.6 Å². The number of esters is 1. The van der Waals surface area contributed by atoms with Crippen LogP contribution in [-0.4, -0.2) is 23.7 Å². The summed E-state index contributed by atoms with van der Waals surface area (Å²) in [5.41, 5.74) is 7.20. The summed E-state index contributed by atoms with van der Waals surface area (Å²) in [6.45, 7) is -0.0735. The van der Waals surface area contributed by atoms with Crippen molar-refractivity contribution in [2.75, 3.05) is 12.3 Å². The van der Waals surface area contributed by atoms with E-state index in [0.717, 1.165) is 5.56 Å². The highest BCUT2D eigenvalue weighted by atomic mass is 16.5. The van der Waals surface area contributed by atoms with Crippen molar-refractivity contribution in [3.8, 4) is 0 Å². The third kappa shape index (κ3) is 5.55. The molecule has 0 atom stereocenters. The zero-order valence-electron chi connectivity index (χ0n) is 9.39. The van der Waals surface area contributed by atoms with Crippen LogP contribution in [0.2, 0.25) is 0 Å². The average molecular weight is 237 g/mol. The Kier molecular flexibility index (Phi) is 5.00. The zero-order valence-corrected chi connectivity index (χ0v) is 9.39. The van der Waals surface area contributed by atoms with Crippen molar-refractivity contribution in [2.45, 2.75) is 19.3 Å². The molecule has 5 heteroatoms. The SMILES string of the molecule is Nc1ccc(CCC(=O)OCCC(=O)O)cc1. The molecule has 0 unspecified atom stereocenters. The molecule has 92 valence electrons. The first-order chi connectivity index (χ1) is 8.08. The maximum atomic E-state index is 11.2. The minimum Gasteiger partial charge on any atom is -0.481 e. The predicted molar refractivity (Wildman–Crippen MR) is 62.4 cm³/mol. The van der Waals surface area contributed by atoms with Gasteiger partial charge in [0, 0.05) is 12.1 Å². The van der Waals surface area contributed by atoms with Crippen molar-refractivity contribution in [3.63, 3.8) is 0 Å². The van der Waals surface area contributed by atoms with Crippen LogP contribution in [0.1, 0.15) is 18.4 Å². The Morgan fingerprint density at radius 1 is 1.18 bits per heavy atom. The first-order valence-electron chi connectivity index (χ1n) is 5.30. The van der Waals surface area contributed by atoms with Crippen molar-refractivity contribution in [2.24, 2.45) is 0 Å². The fraction of sp³-hybridized carbons (Fsp3) is 0.333. The van der Waals surface area contributed by atoms with E-state index in [2.05, 4.69) is 0 Å². The van der Waals surface area contributed by atoms with Crippen LogP contribution in [0.25, 0.3) is 0 Å². The van der Waals surface area contributed by atoms with E-state index in [1.165, 1.54) is 0 Å². The third-order valence-electron chi connectivity index (χ3n) is 2.18. The molecule has 1 rings (SSSR count). The van der Waals surface area contributed by atoms with Crippen molar-refractivity contribution in [3.05, 3.63) is 29.8 Å². The number of nitrogen functional groups attached to an aromatic ring is 1. The molecule has 0 bridgehead atoms. The molecule has 0 saturated heterocycles. The van der Waals surface area contributed by atoms with E-state index in [1.54, 1.807) is 12.1 Å². The van der Waals surface area contributed by atoms with Gasteiger partial charge in [0.05, 0.1) is 6.42 Å². The normalized spacial score (nSPS) is 9.88. The first-order valence-corrected chi connectivity index (χ1v) is 5.30. The molecule has 0 heterocycles. The lowest BCUT2D eigenvalue weighted by molar-refractivity contribution is -0.146. The molecule has 0 aliphatic heterocycles. The highest BCUT2D eigenvalue weighted by Crippen LogP contribution is 2.08. The molecule has 1 aromatic rings. The lowest BCUT2D eigenvalue weighted by Crippen LogP contribution is -2.10. The van der Waals surface area contributed by atoms with Crippen molar-refractivity contribution < 1.29 is 19.4 Å². The van der Waals surface area contributed by atoms with Gasteiger partial charge in [-0.25, -0.2) is 0 Å². The second kappa shape index (κ2) is 6.52. The van der Waals surface area contributed by atoms with Gasteiger partial charge in [-0.3, -0.25) is 9.59 Å². The monoisotopic (exact) mass is 237 g/mol. The second-order valence-corrected chi connectivity index (χ2v) is 3.61. The molecule has 0 spiro atoms. The number of carbonyl (C=O) groups excluding carboxylic acids is 1. The molecule has 0 aliphatic rings. The molecule has 0 aromatic heterocycles. The quantitative estimate of drug-likeness (QED) is 0.573. The number of anilines is 1. The molecule has 0 fully saturated rings. The van der Waals surface area contributed by atoms with Gasteiger partial charge in [0.25, 0.3) is 0 Å². The van der Waals surface area contributed by atoms with Crippen molar-refractivity contribution >= 4 is 17.6 Å². The summed E-state index contributed by atoms with van der Waals surface area (Å²) in [6.07, 6.45) is 0.642. The second-order valence-electron chi connectivity index (χ2n) is 3.61. The summed E-state index contributed by atoms with van der Waals surface area (Å²) in [5.74, 6) is -1.36. The average Bonchev–Trinajstić information content (AvgIpc) is 2.28. The largest absolute Gasteiger partial charge is 0.481 e. The number of benzene rings is 1. The van der Waals surface area contributed by atoms with Crippen molar-refractivity contribution in [1.82, 2.24) is 0 Å². The highest BCUT2D eigenvalue weighted by molar-refractivity contribution is 5.71. The summed E-state index contributed by atoms with van der Waals surface area (Å²) in [6, 6.07) is 7.23. The first kappa shape index (κ1) is 13.0. The summed E-state index contributed by atoms with van der Waals surface area (Å²) >= 11 is 0. The number of nitrogens with two attached hydrogens (primary N) is 1. The van der Waals surface area contributed by atoms with Crippen LogP contribution in [0, 0.1) is 0 Å². The van der Waals surface area contributed by atoms with Gasteiger partial charge in [-0.2, -0.15) is 0 Å². The Balaban J connectivity index is 2.23. The molecular formula is C12H15NO4. The van der Waals surface area contributed by atoms with E-state index in [-0.39, 0.29) is 25.4 Å². The number of ether oxygens (including phenoxy) is 1. The van der Waals surface area contributed by atoms with E-state index in [0.29, 0.717) is 12.1 Å². The van der Waals surface area contributed by atoms with Crippen LogP contribution in [0.15, 0.2) is 24.3 Å². The third-order valence-corrected chi connectivity index (χ3v) is 2.18. The van der Waals surface area contributed by atoms with Crippen LogP contribution in [0.4, 0.5) is 5.69 Å². The van der Waals surface area contributed by atoms with Gasteiger partial charge in [-0.1, -0.05) is 12.1 Å². The minimum atomic E-state index is -0.976. The Hall–Kier alpha value is -2.04. The topological polar surface area (TPSA) is 89.6 Å². The Labute approximate surface area is 99.2 Å². The van der Waals surface area contributed by atoms with Crippen LogP contribution >= 0.6 is 0 Å². The van der Waals surface area contributed by atoms with E-state index in [9.17, 15) is 9.59 Å². The molecule has 0 saturated carbocycles. The van der Waals surface area contributed by atoms with Crippen LogP contribution in [0.5, 0.6) is 0 Å². The fourth-order valence-electron chi connectivity index (χ4n) is 1.26. The van der Waals surface area contributed by atoms with E-state index in [1.807, 2.05) is 12.1 Å². The van der Waals surface area contributed by atoms with Gasteiger partial charge >= 0.3 is 11.9 Å². The smallest absolute Gasteiger partial charge is 0.306 e. The fourth-order valence-corrected chi connectivity index (χ4v) is 1.26. The molecule has 1 aromatic carbocycles. The van der Waals surface area contributed by atoms with Gasteiger partial charge in [0.2, 0.25) is 0 Å². The molecule has 17 heavy (non-hydrogen) atoms. The number of carboxylic acids is 1. The number of carbonyl (C=O) groups is 2. The molecule has 0 radical (unpaired) electrons. The van der Waals surface area contributed by atoms with Gasteiger partial charge < -0.3 is 15.6 Å². The summed E-state index contributed by atoms with van der Waals surface area (Å²) < 4.78 is 4.75. The van der Waals surface area contributed by atoms with Gasteiger partial charge in [0.15, 0.2) is 0 Å². The molecule has 3 N–H and O–H groups in total. The molecule has 5 nitrogen and oxygen atoms in total. The van der Waals surface area contributed by atoms with Crippen LogP contribution < -0.4 is 5.73 Å². The number of carboxylic acid groups (broad SMARTS) is 1.